The number of hydrogen-bond acceptors (Lipinski definition) is 7. The summed E-state index contributed by atoms with van der Waals surface area (Å²) in [7, 11) is 0. The Morgan fingerprint density at radius 1 is 1.15 bits per heavy atom. The van der Waals surface area contributed by atoms with Crippen molar-refractivity contribution in [2.45, 2.75) is 77.1 Å². The molecule has 0 N–H and O–H groups in total. The third-order valence-electron chi connectivity index (χ3n) is 7.37. The summed E-state index contributed by atoms with van der Waals surface area (Å²) >= 11 is 0. The van der Waals surface area contributed by atoms with Crippen LogP contribution in [-0.4, -0.2) is 74.1 Å². The lowest BCUT2D eigenvalue weighted by Gasteiger charge is -2.54. The van der Waals surface area contributed by atoms with E-state index in [1.165, 1.54) is 4.52 Å². The molecule has 1 saturated heterocycles. The van der Waals surface area contributed by atoms with Crippen molar-refractivity contribution in [3.8, 4) is 0 Å². The van der Waals surface area contributed by atoms with Crippen LogP contribution in [0.3, 0.4) is 0 Å². The highest BCUT2D eigenvalue weighted by atomic mass is 16.6. The Kier molecular flexibility index (Phi) is 4.98. The minimum Gasteiger partial charge on any atom is -0.444 e. The van der Waals surface area contributed by atoms with Gasteiger partial charge in [-0.2, -0.15) is 9.50 Å². The third kappa shape index (κ3) is 3.41. The number of anilines is 1. The van der Waals surface area contributed by atoms with Crippen LogP contribution in [0.15, 0.2) is 10.9 Å². The highest BCUT2D eigenvalue weighted by Gasteiger charge is 2.47. The van der Waals surface area contributed by atoms with Crippen LogP contribution in [0.4, 0.5) is 10.5 Å². The van der Waals surface area contributed by atoms with Crippen LogP contribution < -0.4 is 10.5 Å². The predicted octanol–water partition coefficient (Wildman–Crippen LogP) is 2.23. The first-order chi connectivity index (χ1) is 16.3. The van der Waals surface area contributed by atoms with Crippen molar-refractivity contribution in [3.63, 3.8) is 0 Å². The van der Waals surface area contributed by atoms with E-state index in [9.17, 15) is 9.59 Å². The molecule has 1 saturated carbocycles. The minimum absolute atomic E-state index is 0.0689. The third-order valence-corrected chi connectivity index (χ3v) is 7.37. The molecule has 5 heterocycles. The minimum atomic E-state index is -0.525. The second-order valence-electron chi connectivity index (χ2n) is 10.6. The SMILES string of the molecule is CC(C)(C)OC(=O)N1CCN(c2c3n(c4nc(C5=CCOCC5)nn4c2=O)CCC3)[C@H]2CC[C@@H]21. The maximum Gasteiger partial charge on any atom is 0.410 e. The summed E-state index contributed by atoms with van der Waals surface area (Å²) in [5.41, 5.74) is 2.19. The fourth-order valence-corrected chi connectivity index (χ4v) is 5.70. The summed E-state index contributed by atoms with van der Waals surface area (Å²) in [5.74, 6) is 1.25. The molecule has 10 nitrogen and oxygen atoms in total. The number of carbonyl (C=O) groups is 1. The van der Waals surface area contributed by atoms with Gasteiger partial charge in [0.1, 0.15) is 11.3 Å². The molecule has 10 heteroatoms. The van der Waals surface area contributed by atoms with Gasteiger partial charge in [-0.1, -0.05) is 6.08 Å². The van der Waals surface area contributed by atoms with Gasteiger partial charge in [0.2, 0.25) is 5.78 Å². The zero-order chi connectivity index (χ0) is 23.6. The van der Waals surface area contributed by atoms with E-state index in [0.717, 1.165) is 55.6 Å². The number of fused-ring (bicyclic) bond motifs is 4. The molecule has 3 aliphatic heterocycles. The van der Waals surface area contributed by atoms with Gasteiger partial charge in [0.25, 0.3) is 5.56 Å². The summed E-state index contributed by atoms with van der Waals surface area (Å²) in [6, 6.07) is 0.192. The Hall–Kier alpha value is -2.88. The molecule has 1 aliphatic carbocycles. The molecule has 0 unspecified atom stereocenters. The molecule has 2 atom stereocenters. The normalized spacial score (nSPS) is 24.5. The van der Waals surface area contributed by atoms with Gasteiger partial charge in [0.15, 0.2) is 5.82 Å². The highest BCUT2D eigenvalue weighted by Crippen LogP contribution is 2.38. The molecular weight excluding hydrogens is 436 g/mol. The fourth-order valence-electron chi connectivity index (χ4n) is 5.70. The van der Waals surface area contributed by atoms with Gasteiger partial charge in [-0.3, -0.25) is 4.79 Å². The van der Waals surface area contributed by atoms with Gasteiger partial charge < -0.3 is 23.8 Å². The highest BCUT2D eigenvalue weighted by molar-refractivity contribution is 5.70. The van der Waals surface area contributed by atoms with Gasteiger partial charge in [0, 0.05) is 25.7 Å². The summed E-state index contributed by atoms with van der Waals surface area (Å²) in [5, 5.41) is 4.65. The van der Waals surface area contributed by atoms with Gasteiger partial charge in [-0.15, -0.1) is 5.10 Å². The van der Waals surface area contributed by atoms with E-state index in [1.807, 2.05) is 31.7 Å². The molecule has 2 aromatic rings. The summed E-state index contributed by atoms with van der Waals surface area (Å²) in [4.78, 5) is 35.5. The van der Waals surface area contributed by atoms with Crippen LogP contribution in [-0.2, 0) is 22.4 Å². The molecule has 4 aliphatic rings. The second kappa shape index (κ2) is 7.83. The number of rotatable bonds is 2. The smallest absolute Gasteiger partial charge is 0.410 e. The van der Waals surface area contributed by atoms with Crippen LogP contribution in [0.5, 0.6) is 0 Å². The number of hydrogen-bond donors (Lipinski definition) is 0. The lowest BCUT2D eigenvalue weighted by molar-refractivity contribution is -0.00451. The van der Waals surface area contributed by atoms with Crippen LogP contribution in [0, 0.1) is 0 Å². The summed E-state index contributed by atoms with van der Waals surface area (Å²) in [6.07, 6.45) is 6.21. The van der Waals surface area contributed by atoms with E-state index >= 15 is 0 Å². The monoisotopic (exact) mass is 468 g/mol. The fraction of sp³-hybridized carbons (Fsp3) is 0.667. The number of piperazine rings is 1. The second-order valence-corrected chi connectivity index (χ2v) is 10.6. The van der Waals surface area contributed by atoms with Gasteiger partial charge >= 0.3 is 6.09 Å². The molecule has 2 aromatic heterocycles. The van der Waals surface area contributed by atoms with Crippen molar-refractivity contribution < 1.29 is 14.3 Å². The number of amides is 1. The number of ether oxygens (including phenoxy) is 2. The molecule has 0 spiro atoms. The quantitative estimate of drug-likeness (QED) is 0.667. The van der Waals surface area contributed by atoms with E-state index in [-0.39, 0.29) is 23.7 Å². The predicted molar refractivity (Wildman–Crippen MR) is 126 cm³/mol. The standard InChI is InChI=1S/C24H32N6O4/c1-24(2,3)34-23(32)29-12-11-27(16-6-7-17(16)29)19-18-5-4-10-28(18)22-25-20(26-30(22)21(19)31)15-8-13-33-14-9-15/h8,16-17H,4-7,9-14H2,1-3H3/t16-,17-/m0/s1. The Bertz CT molecular complexity index is 1240. The zero-order valence-electron chi connectivity index (χ0n) is 20.1. The average molecular weight is 469 g/mol. The Morgan fingerprint density at radius 2 is 1.97 bits per heavy atom. The number of nitrogens with zero attached hydrogens (tertiary/aromatic N) is 6. The Balaban J connectivity index is 1.37. The number of aromatic nitrogens is 4. The molecule has 0 bridgehead atoms. The lowest BCUT2D eigenvalue weighted by atomic mass is 9.81. The lowest BCUT2D eigenvalue weighted by Crippen LogP contribution is -2.67. The molecule has 0 radical (unpaired) electrons. The maximum atomic E-state index is 13.8. The van der Waals surface area contributed by atoms with Crippen LogP contribution in [0.25, 0.3) is 11.4 Å². The van der Waals surface area contributed by atoms with Gasteiger partial charge in [-0.25, -0.2) is 4.79 Å². The van der Waals surface area contributed by atoms with E-state index in [4.69, 9.17) is 14.5 Å². The van der Waals surface area contributed by atoms with E-state index in [0.29, 0.717) is 37.9 Å². The Morgan fingerprint density at radius 3 is 2.68 bits per heavy atom. The van der Waals surface area contributed by atoms with E-state index in [1.54, 1.807) is 0 Å². The van der Waals surface area contributed by atoms with Crippen molar-refractivity contribution in [1.82, 2.24) is 24.1 Å². The first-order valence-electron chi connectivity index (χ1n) is 12.4. The first kappa shape index (κ1) is 21.6. The van der Waals surface area contributed by atoms with Crippen molar-refractivity contribution in [2.75, 3.05) is 31.2 Å². The zero-order valence-corrected chi connectivity index (χ0v) is 20.1. The van der Waals surface area contributed by atoms with Crippen LogP contribution in [0.1, 0.15) is 58.0 Å². The van der Waals surface area contributed by atoms with E-state index in [2.05, 4.69) is 14.6 Å². The molecule has 182 valence electrons. The van der Waals surface area contributed by atoms with Crippen molar-refractivity contribution >= 4 is 23.1 Å². The molecule has 34 heavy (non-hydrogen) atoms. The molecule has 0 aromatic carbocycles. The number of aryl methyl sites for hydroxylation is 1. The maximum absolute atomic E-state index is 13.8. The molecule has 1 amide bonds. The topological polar surface area (TPSA) is 94.2 Å². The average Bonchev–Trinajstić information content (AvgIpc) is 3.41. The number of carbonyl (C=O) groups excluding carboxylic acids is 1. The van der Waals surface area contributed by atoms with Gasteiger partial charge in [0.05, 0.1) is 24.9 Å². The first-order valence-corrected chi connectivity index (χ1v) is 12.4. The van der Waals surface area contributed by atoms with E-state index < -0.39 is 5.60 Å². The van der Waals surface area contributed by atoms with Crippen molar-refractivity contribution in [3.05, 3.63) is 27.9 Å². The van der Waals surface area contributed by atoms with Crippen LogP contribution in [0.2, 0.25) is 0 Å². The summed E-state index contributed by atoms with van der Waals surface area (Å²) in [6.45, 7) is 8.85. The molecule has 2 fully saturated rings. The van der Waals surface area contributed by atoms with Gasteiger partial charge in [-0.05, 0) is 58.4 Å². The molecular formula is C24H32N6O4. The summed E-state index contributed by atoms with van der Waals surface area (Å²) < 4.78 is 14.7. The van der Waals surface area contributed by atoms with Crippen molar-refractivity contribution in [1.29, 1.82) is 0 Å². The largest absolute Gasteiger partial charge is 0.444 e. The van der Waals surface area contributed by atoms with Crippen molar-refractivity contribution in [2.24, 2.45) is 0 Å². The van der Waals surface area contributed by atoms with Crippen LogP contribution >= 0.6 is 0 Å². The Labute approximate surface area is 198 Å². The molecule has 6 rings (SSSR count).